The molecule has 0 aromatic carbocycles. The summed E-state index contributed by atoms with van der Waals surface area (Å²) in [5.41, 5.74) is 1.13. The predicted octanol–water partition coefficient (Wildman–Crippen LogP) is 3.03. The Bertz CT molecular complexity index is 501. The normalized spacial score (nSPS) is 32.9. The quantitative estimate of drug-likeness (QED) is 0.708. The minimum absolute atomic E-state index is 0.0829. The van der Waals surface area contributed by atoms with Gasteiger partial charge < -0.3 is 0 Å². The SMILES string of the molecule is CC(C)C1C(=O)C2=C(\C=C/C=C\C=C/2)C(=O)C1C. The lowest BCUT2D eigenvalue weighted by Crippen LogP contribution is -2.38. The summed E-state index contributed by atoms with van der Waals surface area (Å²) in [5.74, 6) is -0.0536. The van der Waals surface area contributed by atoms with Gasteiger partial charge in [0.2, 0.25) is 0 Å². The minimum Gasteiger partial charge on any atom is -0.294 e. The summed E-state index contributed by atoms with van der Waals surface area (Å²) in [6.07, 6.45) is 10.9. The smallest absolute Gasteiger partial charge is 0.167 e. The zero-order valence-corrected chi connectivity index (χ0v) is 11.0. The molecule has 2 unspecified atom stereocenters. The average Bonchev–Trinajstić information content (AvgIpc) is 2.25. The fraction of sp³-hybridized carbons (Fsp3) is 0.375. The van der Waals surface area contributed by atoms with Crippen LogP contribution in [0.15, 0.2) is 47.6 Å². The van der Waals surface area contributed by atoms with E-state index in [0.29, 0.717) is 11.1 Å². The maximum absolute atomic E-state index is 12.5. The van der Waals surface area contributed by atoms with E-state index in [1.807, 2.05) is 45.1 Å². The Hall–Kier alpha value is -1.70. The molecule has 0 radical (unpaired) electrons. The van der Waals surface area contributed by atoms with Crippen LogP contribution in [0.4, 0.5) is 0 Å². The van der Waals surface area contributed by atoms with E-state index in [2.05, 4.69) is 0 Å². The van der Waals surface area contributed by atoms with Crippen molar-refractivity contribution in [3.63, 3.8) is 0 Å². The largest absolute Gasteiger partial charge is 0.294 e. The highest BCUT2D eigenvalue weighted by Crippen LogP contribution is 2.34. The van der Waals surface area contributed by atoms with Crippen molar-refractivity contribution >= 4 is 11.6 Å². The summed E-state index contributed by atoms with van der Waals surface area (Å²) in [6.45, 7) is 5.86. The van der Waals surface area contributed by atoms with Gasteiger partial charge in [-0.05, 0) is 5.92 Å². The second-order valence-corrected chi connectivity index (χ2v) is 5.22. The van der Waals surface area contributed by atoms with E-state index in [9.17, 15) is 9.59 Å². The van der Waals surface area contributed by atoms with Crippen LogP contribution >= 0.6 is 0 Å². The summed E-state index contributed by atoms with van der Waals surface area (Å²) < 4.78 is 0. The highest BCUT2D eigenvalue weighted by Gasteiger charge is 2.40. The van der Waals surface area contributed by atoms with Crippen molar-refractivity contribution in [1.29, 1.82) is 0 Å². The second kappa shape index (κ2) is 4.89. The van der Waals surface area contributed by atoms with Crippen molar-refractivity contribution in [2.45, 2.75) is 20.8 Å². The van der Waals surface area contributed by atoms with E-state index in [0.717, 1.165) is 0 Å². The van der Waals surface area contributed by atoms with Gasteiger partial charge in [0.05, 0.1) is 0 Å². The molecule has 2 aliphatic carbocycles. The third-order valence-corrected chi connectivity index (χ3v) is 3.65. The van der Waals surface area contributed by atoms with Gasteiger partial charge in [-0.3, -0.25) is 9.59 Å². The lowest BCUT2D eigenvalue weighted by Gasteiger charge is -2.31. The average molecular weight is 242 g/mol. The third kappa shape index (κ3) is 2.03. The fourth-order valence-electron chi connectivity index (χ4n) is 2.74. The first kappa shape index (κ1) is 12.7. The first-order chi connectivity index (χ1) is 8.54. The van der Waals surface area contributed by atoms with Gasteiger partial charge in [0.1, 0.15) is 0 Å². The molecule has 2 aliphatic rings. The van der Waals surface area contributed by atoms with Crippen LogP contribution in [0.25, 0.3) is 0 Å². The number of carbonyl (C=O) groups excluding carboxylic acids is 2. The molecule has 0 saturated carbocycles. The number of ketones is 2. The second-order valence-electron chi connectivity index (χ2n) is 5.22. The van der Waals surface area contributed by atoms with E-state index in [1.54, 1.807) is 12.2 Å². The Morgan fingerprint density at radius 2 is 1.39 bits per heavy atom. The van der Waals surface area contributed by atoms with Crippen LogP contribution in [0.5, 0.6) is 0 Å². The van der Waals surface area contributed by atoms with Gasteiger partial charge in [0, 0.05) is 23.0 Å². The summed E-state index contributed by atoms with van der Waals surface area (Å²) in [4.78, 5) is 24.9. The summed E-state index contributed by atoms with van der Waals surface area (Å²) in [6, 6.07) is 0. The van der Waals surface area contributed by atoms with Crippen molar-refractivity contribution in [3.8, 4) is 0 Å². The third-order valence-electron chi connectivity index (χ3n) is 3.65. The molecular weight excluding hydrogens is 224 g/mol. The zero-order chi connectivity index (χ0) is 13.3. The first-order valence-electron chi connectivity index (χ1n) is 6.38. The molecule has 2 nitrogen and oxygen atoms in total. The van der Waals surface area contributed by atoms with Crippen molar-refractivity contribution in [3.05, 3.63) is 47.6 Å². The van der Waals surface area contributed by atoms with Crippen LogP contribution in [0.1, 0.15) is 20.8 Å². The molecule has 0 aliphatic heterocycles. The topological polar surface area (TPSA) is 34.1 Å². The van der Waals surface area contributed by atoms with E-state index in [-0.39, 0.29) is 29.3 Å². The molecule has 94 valence electrons. The maximum atomic E-state index is 12.5. The van der Waals surface area contributed by atoms with Crippen molar-refractivity contribution in [2.24, 2.45) is 17.8 Å². The van der Waals surface area contributed by atoms with Gasteiger partial charge in [-0.25, -0.2) is 0 Å². The van der Waals surface area contributed by atoms with E-state index < -0.39 is 0 Å². The van der Waals surface area contributed by atoms with Gasteiger partial charge in [0.15, 0.2) is 11.6 Å². The Morgan fingerprint density at radius 1 is 0.889 bits per heavy atom. The highest BCUT2D eigenvalue weighted by molar-refractivity contribution is 6.16. The zero-order valence-electron chi connectivity index (χ0n) is 11.0. The van der Waals surface area contributed by atoms with Crippen molar-refractivity contribution < 1.29 is 9.59 Å². The van der Waals surface area contributed by atoms with E-state index in [1.165, 1.54) is 0 Å². The van der Waals surface area contributed by atoms with Crippen LogP contribution in [-0.2, 0) is 9.59 Å². The number of hydrogen-bond donors (Lipinski definition) is 0. The van der Waals surface area contributed by atoms with Crippen LogP contribution in [0.3, 0.4) is 0 Å². The summed E-state index contributed by atoms with van der Waals surface area (Å²) >= 11 is 0. The molecule has 2 rings (SSSR count). The highest BCUT2D eigenvalue weighted by atomic mass is 16.1. The van der Waals surface area contributed by atoms with E-state index in [4.69, 9.17) is 0 Å². The molecule has 0 aromatic rings. The van der Waals surface area contributed by atoms with Gasteiger partial charge in [-0.15, -0.1) is 0 Å². The Balaban J connectivity index is 2.55. The number of allylic oxidation sites excluding steroid dienone is 8. The molecule has 0 heterocycles. The molecule has 0 spiro atoms. The number of Topliss-reactive ketones (excluding diaryl/α,β-unsaturated/α-hetero) is 2. The molecule has 18 heavy (non-hydrogen) atoms. The standard InChI is InChI=1S/C16H18O2/c1-10(2)14-11(3)15(17)12-8-6-4-5-7-9-13(12)16(14)18/h4-11,14H,1-3H3/b5-4-,6-4?,7-5?,8-6-,9-7-,12-8?,13-9?. The fourth-order valence-corrected chi connectivity index (χ4v) is 2.74. The minimum atomic E-state index is -0.224. The molecule has 0 amide bonds. The molecule has 0 bridgehead atoms. The number of rotatable bonds is 1. The molecule has 0 fully saturated rings. The van der Waals surface area contributed by atoms with Gasteiger partial charge in [-0.1, -0.05) is 57.2 Å². The predicted molar refractivity (Wildman–Crippen MR) is 72.0 cm³/mol. The molecule has 2 atom stereocenters. The summed E-state index contributed by atoms with van der Waals surface area (Å²) in [5, 5.41) is 0. The van der Waals surface area contributed by atoms with Crippen LogP contribution < -0.4 is 0 Å². The van der Waals surface area contributed by atoms with Gasteiger partial charge in [0.25, 0.3) is 0 Å². The molecule has 0 aromatic heterocycles. The molecule has 2 heteroatoms. The summed E-state index contributed by atoms with van der Waals surface area (Å²) in [7, 11) is 0. The Morgan fingerprint density at radius 3 is 1.89 bits per heavy atom. The van der Waals surface area contributed by atoms with Crippen LogP contribution in [0, 0.1) is 17.8 Å². The maximum Gasteiger partial charge on any atom is 0.167 e. The number of carbonyl (C=O) groups is 2. The molecule has 0 N–H and O–H groups in total. The Kier molecular flexibility index (Phi) is 3.46. The molecular formula is C16H18O2. The van der Waals surface area contributed by atoms with Crippen molar-refractivity contribution in [1.82, 2.24) is 0 Å². The van der Waals surface area contributed by atoms with Gasteiger partial charge >= 0.3 is 0 Å². The first-order valence-corrected chi connectivity index (χ1v) is 6.38. The van der Waals surface area contributed by atoms with Gasteiger partial charge in [-0.2, -0.15) is 0 Å². The Labute approximate surface area is 108 Å². The van der Waals surface area contributed by atoms with E-state index >= 15 is 0 Å². The number of hydrogen-bond acceptors (Lipinski definition) is 2. The lowest BCUT2D eigenvalue weighted by molar-refractivity contribution is -0.131. The van der Waals surface area contributed by atoms with Crippen molar-refractivity contribution in [2.75, 3.05) is 0 Å². The molecule has 0 saturated heterocycles. The van der Waals surface area contributed by atoms with Crippen LogP contribution in [0.2, 0.25) is 0 Å². The monoisotopic (exact) mass is 242 g/mol. The van der Waals surface area contributed by atoms with Crippen LogP contribution in [-0.4, -0.2) is 11.6 Å². The lowest BCUT2D eigenvalue weighted by atomic mass is 9.70.